The van der Waals surface area contributed by atoms with Gasteiger partial charge in [-0.3, -0.25) is 0 Å². The Bertz CT molecular complexity index is 275. The molecule has 0 saturated carbocycles. The van der Waals surface area contributed by atoms with Gasteiger partial charge >= 0.3 is 0 Å². The van der Waals surface area contributed by atoms with E-state index in [4.69, 9.17) is 4.42 Å². The lowest BCUT2D eigenvalue weighted by Crippen LogP contribution is -2.13. The monoisotopic (exact) mass is 183 g/mol. The molecular weight excluding hydrogens is 166 g/mol. The van der Waals surface area contributed by atoms with Gasteiger partial charge in [0.1, 0.15) is 0 Å². The normalized spacial score (nSPS) is 14.5. The van der Waals surface area contributed by atoms with Crippen molar-refractivity contribution < 1.29 is 4.42 Å². The maximum atomic E-state index is 5.52. The van der Waals surface area contributed by atoms with Gasteiger partial charge in [-0.25, -0.2) is 0 Å². The summed E-state index contributed by atoms with van der Waals surface area (Å²) in [6.07, 6.45) is 0. The average molecular weight is 183 g/mol. The summed E-state index contributed by atoms with van der Waals surface area (Å²) in [6.45, 7) is 8.14. The van der Waals surface area contributed by atoms with Crippen molar-refractivity contribution in [1.29, 1.82) is 0 Å². The highest BCUT2D eigenvalue weighted by molar-refractivity contribution is 4.97. The molecule has 0 aliphatic heterocycles. The van der Waals surface area contributed by atoms with E-state index in [0.29, 0.717) is 11.8 Å². The van der Waals surface area contributed by atoms with E-state index in [1.54, 1.807) is 0 Å². The third-order valence-electron chi connectivity index (χ3n) is 1.89. The van der Waals surface area contributed by atoms with Crippen LogP contribution >= 0.6 is 0 Å². The molecule has 4 nitrogen and oxygen atoms in total. The molecule has 1 atom stereocenters. The Labute approximate surface area is 78.7 Å². The molecule has 0 aliphatic carbocycles. The first-order valence-corrected chi connectivity index (χ1v) is 4.46. The second kappa shape index (κ2) is 3.46. The zero-order valence-electron chi connectivity index (χ0n) is 8.88. The molecule has 0 bridgehead atoms. The predicted molar refractivity (Wildman–Crippen MR) is 50.5 cm³/mol. The third-order valence-corrected chi connectivity index (χ3v) is 1.89. The van der Waals surface area contributed by atoms with Gasteiger partial charge in [-0.15, -0.1) is 10.2 Å². The largest absolute Gasteiger partial charge is 0.423 e. The Balaban J connectivity index is 2.87. The molecular formula is C9H17N3O. The van der Waals surface area contributed by atoms with Crippen molar-refractivity contribution in [2.24, 2.45) is 0 Å². The van der Waals surface area contributed by atoms with Crippen molar-refractivity contribution in [1.82, 2.24) is 15.5 Å². The zero-order valence-corrected chi connectivity index (χ0v) is 8.88. The van der Waals surface area contributed by atoms with Gasteiger partial charge in [-0.2, -0.15) is 0 Å². The first-order valence-electron chi connectivity index (χ1n) is 4.46. The molecule has 0 aliphatic rings. The molecule has 1 rings (SSSR count). The molecule has 1 N–H and O–H groups in total. The lowest BCUT2D eigenvalue weighted by Gasteiger charge is -2.11. The molecule has 0 spiro atoms. The third kappa shape index (κ3) is 2.28. The number of hydrogen-bond acceptors (Lipinski definition) is 4. The van der Waals surface area contributed by atoms with E-state index in [0.717, 1.165) is 0 Å². The summed E-state index contributed by atoms with van der Waals surface area (Å²) >= 11 is 0. The average Bonchev–Trinajstić information content (AvgIpc) is 2.50. The molecule has 1 aromatic heterocycles. The van der Waals surface area contributed by atoms with Crippen LogP contribution in [0, 0.1) is 0 Å². The lowest BCUT2D eigenvalue weighted by atomic mass is 9.97. The van der Waals surface area contributed by atoms with Gasteiger partial charge in [-0.1, -0.05) is 20.8 Å². The topological polar surface area (TPSA) is 51.0 Å². The zero-order chi connectivity index (χ0) is 10.1. The van der Waals surface area contributed by atoms with Crippen molar-refractivity contribution >= 4 is 0 Å². The number of hydrogen-bond donors (Lipinski definition) is 1. The molecule has 0 radical (unpaired) electrons. The summed E-state index contributed by atoms with van der Waals surface area (Å²) in [5.41, 5.74) is -0.0707. The van der Waals surface area contributed by atoms with Gasteiger partial charge in [-0.05, 0) is 14.0 Å². The van der Waals surface area contributed by atoms with Crippen LogP contribution in [-0.4, -0.2) is 17.2 Å². The van der Waals surface area contributed by atoms with Gasteiger partial charge in [0, 0.05) is 5.41 Å². The second-order valence-electron chi connectivity index (χ2n) is 4.21. The minimum Gasteiger partial charge on any atom is -0.423 e. The van der Waals surface area contributed by atoms with Gasteiger partial charge in [0.25, 0.3) is 0 Å². The number of rotatable bonds is 2. The van der Waals surface area contributed by atoms with Crippen LogP contribution in [0.5, 0.6) is 0 Å². The van der Waals surface area contributed by atoms with Gasteiger partial charge in [0.05, 0.1) is 6.04 Å². The summed E-state index contributed by atoms with van der Waals surface area (Å²) in [4.78, 5) is 0. The molecule has 1 aromatic rings. The molecule has 0 fully saturated rings. The smallest absolute Gasteiger partial charge is 0.233 e. The molecule has 74 valence electrons. The van der Waals surface area contributed by atoms with Crippen molar-refractivity contribution in [2.45, 2.75) is 39.2 Å². The summed E-state index contributed by atoms with van der Waals surface area (Å²) in [7, 11) is 1.87. The van der Waals surface area contributed by atoms with E-state index in [1.165, 1.54) is 0 Å². The van der Waals surface area contributed by atoms with Crippen LogP contribution in [0.25, 0.3) is 0 Å². The summed E-state index contributed by atoms with van der Waals surface area (Å²) < 4.78 is 5.52. The van der Waals surface area contributed by atoms with Gasteiger partial charge < -0.3 is 9.73 Å². The van der Waals surface area contributed by atoms with Crippen LogP contribution in [0.1, 0.15) is 45.5 Å². The van der Waals surface area contributed by atoms with Gasteiger partial charge in [0.15, 0.2) is 0 Å². The SMILES string of the molecule is CNC(C)c1nnc(C(C)(C)C)o1. The Morgan fingerprint density at radius 1 is 1.31 bits per heavy atom. The number of nitrogens with zero attached hydrogens (tertiary/aromatic N) is 2. The van der Waals surface area contributed by atoms with Crippen molar-refractivity contribution in [3.05, 3.63) is 11.8 Å². The fourth-order valence-corrected chi connectivity index (χ4v) is 0.836. The molecule has 0 amide bonds. The van der Waals surface area contributed by atoms with Crippen LogP contribution < -0.4 is 5.32 Å². The fraction of sp³-hybridized carbons (Fsp3) is 0.778. The predicted octanol–water partition coefficient (Wildman–Crippen LogP) is 1.65. The molecule has 0 saturated heterocycles. The Kier molecular flexibility index (Phi) is 2.71. The molecule has 4 heteroatoms. The highest BCUT2D eigenvalue weighted by atomic mass is 16.4. The summed E-state index contributed by atoms with van der Waals surface area (Å²) in [6, 6.07) is 0.114. The highest BCUT2D eigenvalue weighted by Gasteiger charge is 2.22. The minimum atomic E-state index is -0.0707. The highest BCUT2D eigenvalue weighted by Crippen LogP contribution is 2.22. The first-order chi connectivity index (χ1) is 5.95. The standard InChI is InChI=1S/C9H17N3O/c1-6(10-5)7-11-12-8(13-7)9(2,3)4/h6,10H,1-5H3. The maximum absolute atomic E-state index is 5.52. The van der Waals surface area contributed by atoms with E-state index in [-0.39, 0.29) is 11.5 Å². The van der Waals surface area contributed by atoms with E-state index < -0.39 is 0 Å². The van der Waals surface area contributed by atoms with E-state index in [9.17, 15) is 0 Å². The molecule has 1 unspecified atom stereocenters. The van der Waals surface area contributed by atoms with Crippen LogP contribution in [0.2, 0.25) is 0 Å². The first kappa shape index (κ1) is 10.2. The molecule has 1 heterocycles. The quantitative estimate of drug-likeness (QED) is 0.757. The van der Waals surface area contributed by atoms with E-state index in [1.807, 2.05) is 34.7 Å². The van der Waals surface area contributed by atoms with E-state index in [2.05, 4.69) is 15.5 Å². The van der Waals surface area contributed by atoms with Crippen LogP contribution in [-0.2, 0) is 5.41 Å². The Morgan fingerprint density at radius 3 is 2.31 bits per heavy atom. The van der Waals surface area contributed by atoms with Crippen LogP contribution in [0.3, 0.4) is 0 Å². The van der Waals surface area contributed by atoms with Crippen molar-refractivity contribution in [3.8, 4) is 0 Å². The lowest BCUT2D eigenvalue weighted by molar-refractivity contribution is 0.350. The molecule has 13 heavy (non-hydrogen) atoms. The number of nitrogens with one attached hydrogen (secondary N) is 1. The van der Waals surface area contributed by atoms with Crippen molar-refractivity contribution in [3.63, 3.8) is 0 Å². The second-order valence-corrected chi connectivity index (χ2v) is 4.21. The fourth-order valence-electron chi connectivity index (χ4n) is 0.836. The van der Waals surface area contributed by atoms with Gasteiger partial charge in [0.2, 0.25) is 11.8 Å². The summed E-state index contributed by atoms with van der Waals surface area (Å²) in [5, 5.41) is 11.0. The van der Waals surface area contributed by atoms with E-state index >= 15 is 0 Å². The molecule has 0 aromatic carbocycles. The van der Waals surface area contributed by atoms with Crippen LogP contribution in [0.4, 0.5) is 0 Å². The number of aromatic nitrogens is 2. The van der Waals surface area contributed by atoms with Crippen molar-refractivity contribution in [2.75, 3.05) is 7.05 Å². The Morgan fingerprint density at radius 2 is 1.92 bits per heavy atom. The minimum absolute atomic E-state index is 0.0707. The Hall–Kier alpha value is -0.900. The maximum Gasteiger partial charge on any atom is 0.233 e. The van der Waals surface area contributed by atoms with Crippen LogP contribution in [0.15, 0.2) is 4.42 Å². The summed E-state index contributed by atoms with van der Waals surface area (Å²) in [5.74, 6) is 1.33.